The Kier molecular flexibility index (Phi) is 5.96. The van der Waals surface area contributed by atoms with Crippen molar-refractivity contribution in [2.45, 2.75) is 33.6 Å². The number of aromatic nitrogens is 1. The van der Waals surface area contributed by atoms with Gasteiger partial charge in [0, 0.05) is 25.5 Å². The number of pyridine rings is 1. The molecule has 4 nitrogen and oxygen atoms in total. The van der Waals surface area contributed by atoms with E-state index in [4.69, 9.17) is 5.73 Å². The predicted octanol–water partition coefficient (Wildman–Crippen LogP) is 1.75. The van der Waals surface area contributed by atoms with E-state index in [1.807, 2.05) is 18.3 Å². The molecule has 1 rings (SSSR count). The van der Waals surface area contributed by atoms with Gasteiger partial charge in [0.05, 0.1) is 5.92 Å². The molecule has 0 aliphatic rings. The second kappa shape index (κ2) is 7.24. The van der Waals surface area contributed by atoms with Crippen LogP contribution < -0.4 is 11.1 Å². The Bertz CT molecular complexity index is 384. The molecule has 4 heteroatoms. The number of amides is 1. The van der Waals surface area contributed by atoms with E-state index in [0.717, 1.165) is 18.4 Å². The quantitative estimate of drug-likeness (QED) is 0.821. The molecule has 0 aromatic carbocycles. The van der Waals surface area contributed by atoms with Crippen molar-refractivity contribution in [1.82, 2.24) is 10.3 Å². The topological polar surface area (TPSA) is 68.0 Å². The number of hydrogen-bond acceptors (Lipinski definition) is 3. The maximum atomic E-state index is 12.0. The Labute approximate surface area is 115 Å². The molecule has 0 aliphatic carbocycles. The molecule has 1 heterocycles. The van der Waals surface area contributed by atoms with Gasteiger partial charge in [0.25, 0.3) is 0 Å². The van der Waals surface area contributed by atoms with Gasteiger partial charge >= 0.3 is 0 Å². The van der Waals surface area contributed by atoms with E-state index < -0.39 is 0 Å². The third kappa shape index (κ3) is 6.34. The van der Waals surface area contributed by atoms with Gasteiger partial charge in [0.2, 0.25) is 5.91 Å². The van der Waals surface area contributed by atoms with Crippen molar-refractivity contribution in [3.63, 3.8) is 0 Å². The van der Waals surface area contributed by atoms with E-state index in [0.29, 0.717) is 13.1 Å². The molecule has 1 amide bonds. The number of nitrogens with zero attached hydrogens (tertiary/aromatic N) is 1. The molecular formula is C15H25N3O. The minimum Gasteiger partial charge on any atom is -0.355 e. The van der Waals surface area contributed by atoms with Gasteiger partial charge in [-0.1, -0.05) is 26.8 Å². The van der Waals surface area contributed by atoms with Crippen molar-refractivity contribution in [2.75, 3.05) is 13.1 Å². The first-order valence-electron chi connectivity index (χ1n) is 6.79. The van der Waals surface area contributed by atoms with Crippen LogP contribution in [0.5, 0.6) is 0 Å². The number of carbonyl (C=O) groups excluding carboxylic acids is 1. The van der Waals surface area contributed by atoms with E-state index in [1.54, 1.807) is 6.20 Å². The number of rotatable bonds is 6. The zero-order valence-corrected chi connectivity index (χ0v) is 12.1. The SMILES string of the molecule is CC(C)(C)CC(CN)C(=O)NCCc1cccnc1. The molecule has 19 heavy (non-hydrogen) atoms. The van der Waals surface area contributed by atoms with E-state index in [9.17, 15) is 4.79 Å². The molecular weight excluding hydrogens is 238 g/mol. The normalized spacial score (nSPS) is 13.1. The van der Waals surface area contributed by atoms with Crippen LogP contribution in [0.15, 0.2) is 24.5 Å². The lowest BCUT2D eigenvalue weighted by molar-refractivity contribution is -0.125. The molecule has 0 bridgehead atoms. The van der Waals surface area contributed by atoms with Crippen LogP contribution in [-0.2, 0) is 11.2 Å². The molecule has 1 atom stereocenters. The summed E-state index contributed by atoms with van der Waals surface area (Å²) >= 11 is 0. The highest BCUT2D eigenvalue weighted by Crippen LogP contribution is 2.23. The summed E-state index contributed by atoms with van der Waals surface area (Å²) in [7, 11) is 0. The van der Waals surface area contributed by atoms with E-state index in [2.05, 4.69) is 31.1 Å². The summed E-state index contributed by atoms with van der Waals surface area (Å²) in [5.74, 6) is -0.0461. The molecule has 106 valence electrons. The Morgan fingerprint density at radius 2 is 2.21 bits per heavy atom. The zero-order valence-electron chi connectivity index (χ0n) is 12.1. The minimum absolute atomic E-state index is 0.0568. The monoisotopic (exact) mass is 263 g/mol. The second-order valence-electron chi connectivity index (χ2n) is 6.10. The van der Waals surface area contributed by atoms with Gasteiger partial charge in [0.1, 0.15) is 0 Å². The lowest BCUT2D eigenvalue weighted by Crippen LogP contribution is -2.38. The highest BCUT2D eigenvalue weighted by Gasteiger charge is 2.23. The lowest BCUT2D eigenvalue weighted by atomic mass is 9.84. The van der Waals surface area contributed by atoms with Gasteiger partial charge in [-0.25, -0.2) is 0 Å². The number of hydrogen-bond donors (Lipinski definition) is 2. The molecule has 0 spiro atoms. The summed E-state index contributed by atoms with van der Waals surface area (Å²) in [5, 5.41) is 2.96. The Hall–Kier alpha value is -1.42. The maximum Gasteiger partial charge on any atom is 0.224 e. The number of carbonyl (C=O) groups is 1. The lowest BCUT2D eigenvalue weighted by Gasteiger charge is -2.24. The van der Waals surface area contributed by atoms with Crippen molar-refractivity contribution < 1.29 is 4.79 Å². The van der Waals surface area contributed by atoms with Crippen molar-refractivity contribution in [1.29, 1.82) is 0 Å². The van der Waals surface area contributed by atoms with Crippen LogP contribution in [0.2, 0.25) is 0 Å². The van der Waals surface area contributed by atoms with E-state index in [1.165, 1.54) is 0 Å². The first-order valence-corrected chi connectivity index (χ1v) is 6.79. The highest BCUT2D eigenvalue weighted by atomic mass is 16.1. The summed E-state index contributed by atoms with van der Waals surface area (Å²) in [6.45, 7) is 7.40. The van der Waals surface area contributed by atoms with Crippen LogP contribution in [0.25, 0.3) is 0 Å². The Morgan fingerprint density at radius 1 is 1.47 bits per heavy atom. The van der Waals surface area contributed by atoms with Crippen LogP contribution in [0.1, 0.15) is 32.8 Å². The van der Waals surface area contributed by atoms with Gasteiger partial charge in [-0.2, -0.15) is 0 Å². The standard InChI is InChI=1S/C15H25N3O/c1-15(2,3)9-13(10-16)14(19)18-8-6-12-5-4-7-17-11-12/h4-5,7,11,13H,6,8-10,16H2,1-3H3,(H,18,19). The van der Waals surface area contributed by atoms with Crippen LogP contribution in [-0.4, -0.2) is 24.0 Å². The van der Waals surface area contributed by atoms with Crippen LogP contribution in [0, 0.1) is 11.3 Å². The first-order chi connectivity index (χ1) is 8.92. The summed E-state index contributed by atoms with van der Waals surface area (Å²) < 4.78 is 0. The van der Waals surface area contributed by atoms with Gasteiger partial charge in [-0.05, 0) is 29.9 Å². The first kappa shape index (κ1) is 15.6. The number of nitrogens with two attached hydrogens (primary N) is 1. The van der Waals surface area contributed by atoms with Gasteiger partial charge < -0.3 is 11.1 Å². The van der Waals surface area contributed by atoms with Crippen molar-refractivity contribution in [2.24, 2.45) is 17.1 Å². The van der Waals surface area contributed by atoms with E-state index in [-0.39, 0.29) is 17.2 Å². The molecule has 1 aromatic rings. The maximum absolute atomic E-state index is 12.0. The average molecular weight is 263 g/mol. The molecule has 0 aliphatic heterocycles. The molecule has 1 aromatic heterocycles. The van der Waals surface area contributed by atoms with Gasteiger partial charge in [0.15, 0.2) is 0 Å². The van der Waals surface area contributed by atoms with Crippen LogP contribution in [0.4, 0.5) is 0 Å². The van der Waals surface area contributed by atoms with Gasteiger partial charge in [-0.3, -0.25) is 9.78 Å². The van der Waals surface area contributed by atoms with Crippen molar-refractivity contribution >= 4 is 5.91 Å². The van der Waals surface area contributed by atoms with Gasteiger partial charge in [-0.15, -0.1) is 0 Å². The zero-order chi connectivity index (χ0) is 14.3. The van der Waals surface area contributed by atoms with Crippen LogP contribution >= 0.6 is 0 Å². The Morgan fingerprint density at radius 3 is 2.74 bits per heavy atom. The van der Waals surface area contributed by atoms with Crippen LogP contribution in [0.3, 0.4) is 0 Å². The largest absolute Gasteiger partial charge is 0.355 e. The molecule has 0 saturated carbocycles. The summed E-state index contributed by atoms with van der Waals surface area (Å²) in [6, 6.07) is 3.91. The van der Waals surface area contributed by atoms with Crippen molar-refractivity contribution in [3.8, 4) is 0 Å². The molecule has 0 saturated heterocycles. The highest BCUT2D eigenvalue weighted by molar-refractivity contribution is 5.78. The second-order valence-corrected chi connectivity index (χ2v) is 6.10. The minimum atomic E-state index is -0.103. The molecule has 3 N–H and O–H groups in total. The fourth-order valence-electron chi connectivity index (χ4n) is 2.04. The van der Waals surface area contributed by atoms with Crippen molar-refractivity contribution in [3.05, 3.63) is 30.1 Å². The summed E-state index contributed by atoms with van der Waals surface area (Å²) in [5.41, 5.74) is 6.94. The average Bonchev–Trinajstić information content (AvgIpc) is 2.36. The molecule has 0 fully saturated rings. The number of nitrogens with one attached hydrogen (secondary N) is 1. The summed E-state index contributed by atoms with van der Waals surface area (Å²) in [4.78, 5) is 16.1. The Balaban J connectivity index is 2.37. The fraction of sp³-hybridized carbons (Fsp3) is 0.600. The fourth-order valence-corrected chi connectivity index (χ4v) is 2.04. The predicted molar refractivity (Wildman–Crippen MR) is 77.6 cm³/mol. The molecule has 1 unspecified atom stereocenters. The summed E-state index contributed by atoms with van der Waals surface area (Å²) in [6.07, 6.45) is 5.17. The smallest absolute Gasteiger partial charge is 0.224 e. The van der Waals surface area contributed by atoms with E-state index >= 15 is 0 Å². The third-order valence-electron chi connectivity index (χ3n) is 2.95. The molecule has 0 radical (unpaired) electrons. The third-order valence-corrected chi connectivity index (χ3v) is 2.95.